The van der Waals surface area contributed by atoms with Gasteiger partial charge in [-0.25, -0.2) is 4.79 Å². The van der Waals surface area contributed by atoms with Crippen LogP contribution in [0.2, 0.25) is 0 Å². The van der Waals surface area contributed by atoms with Gasteiger partial charge >= 0.3 is 5.97 Å². The SMILES string of the molecule is O=C(O)C1=C(Br)CC1. The topological polar surface area (TPSA) is 37.3 Å². The first kappa shape index (κ1) is 5.82. The van der Waals surface area contributed by atoms with E-state index in [1.54, 1.807) is 0 Å². The van der Waals surface area contributed by atoms with Gasteiger partial charge in [0.05, 0.1) is 0 Å². The maximum Gasteiger partial charge on any atom is 0.332 e. The number of carboxylic acid groups (broad SMARTS) is 1. The number of carboxylic acids is 1. The molecule has 0 saturated carbocycles. The minimum absolute atomic E-state index is 0.532. The molecular weight excluding hydrogens is 172 g/mol. The third-order valence-electron chi connectivity index (χ3n) is 1.18. The first-order valence-corrected chi connectivity index (χ1v) is 3.12. The van der Waals surface area contributed by atoms with Crippen LogP contribution >= 0.6 is 15.9 Å². The van der Waals surface area contributed by atoms with Crippen molar-refractivity contribution in [2.45, 2.75) is 12.8 Å². The summed E-state index contributed by atoms with van der Waals surface area (Å²) in [5.41, 5.74) is 0.532. The highest BCUT2D eigenvalue weighted by molar-refractivity contribution is 9.11. The van der Waals surface area contributed by atoms with Crippen molar-refractivity contribution in [3.8, 4) is 0 Å². The summed E-state index contributed by atoms with van der Waals surface area (Å²) in [5, 5.41) is 8.32. The molecule has 0 amide bonds. The zero-order valence-corrected chi connectivity index (χ0v) is 5.73. The van der Waals surface area contributed by atoms with Crippen LogP contribution in [-0.2, 0) is 4.79 Å². The van der Waals surface area contributed by atoms with Crippen LogP contribution in [-0.4, -0.2) is 11.1 Å². The summed E-state index contributed by atoms with van der Waals surface area (Å²) in [5.74, 6) is -0.789. The smallest absolute Gasteiger partial charge is 0.332 e. The molecule has 0 bridgehead atoms. The number of rotatable bonds is 1. The van der Waals surface area contributed by atoms with E-state index in [-0.39, 0.29) is 0 Å². The van der Waals surface area contributed by atoms with E-state index in [2.05, 4.69) is 15.9 Å². The molecule has 1 N–H and O–H groups in total. The number of aliphatic carboxylic acids is 1. The summed E-state index contributed by atoms with van der Waals surface area (Å²) >= 11 is 3.13. The van der Waals surface area contributed by atoms with Crippen molar-refractivity contribution in [3.05, 3.63) is 10.1 Å². The lowest BCUT2D eigenvalue weighted by molar-refractivity contribution is -0.133. The van der Waals surface area contributed by atoms with Gasteiger partial charge in [0.2, 0.25) is 0 Å². The zero-order chi connectivity index (χ0) is 6.15. The predicted octanol–water partition coefficient (Wildman–Crippen LogP) is 1.51. The molecule has 0 unspecified atom stereocenters. The van der Waals surface area contributed by atoms with Gasteiger partial charge in [0.15, 0.2) is 0 Å². The van der Waals surface area contributed by atoms with Crippen LogP contribution in [0.15, 0.2) is 10.1 Å². The molecule has 1 rings (SSSR count). The Labute approximate surface area is 55.3 Å². The molecule has 0 aromatic rings. The van der Waals surface area contributed by atoms with Crippen LogP contribution in [0.3, 0.4) is 0 Å². The molecule has 2 nitrogen and oxygen atoms in total. The van der Waals surface area contributed by atoms with Crippen molar-refractivity contribution in [2.24, 2.45) is 0 Å². The Hall–Kier alpha value is -0.310. The Kier molecular flexibility index (Phi) is 1.38. The van der Waals surface area contributed by atoms with E-state index in [4.69, 9.17) is 5.11 Å². The summed E-state index contributed by atoms with van der Waals surface area (Å²) < 4.78 is 0.852. The summed E-state index contributed by atoms with van der Waals surface area (Å²) in [6, 6.07) is 0. The van der Waals surface area contributed by atoms with Crippen LogP contribution < -0.4 is 0 Å². The highest BCUT2D eigenvalue weighted by atomic mass is 79.9. The van der Waals surface area contributed by atoms with E-state index in [9.17, 15) is 4.79 Å². The van der Waals surface area contributed by atoms with Crippen molar-refractivity contribution < 1.29 is 9.90 Å². The lowest BCUT2D eigenvalue weighted by Gasteiger charge is -2.13. The van der Waals surface area contributed by atoms with Crippen molar-refractivity contribution >= 4 is 21.9 Å². The van der Waals surface area contributed by atoms with Crippen LogP contribution in [0.25, 0.3) is 0 Å². The molecule has 0 fully saturated rings. The summed E-state index contributed by atoms with van der Waals surface area (Å²) in [6.07, 6.45) is 1.61. The van der Waals surface area contributed by atoms with Gasteiger partial charge in [0.25, 0.3) is 0 Å². The van der Waals surface area contributed by atoms with E-state index in [1.807, 2.05) is 0 Å². The van der Waals surface area contributed by atoms with Gasteiger partial charge in [0, 0.05) is 10.1 Å². The standard InChI is InChI=1S/C5H5BrO2/c6-4-2-1-3(4)5(7)8/h1-2H2,(H,7,8). The number of allylic oxidation sites excluding steroid dienone is 1. The molecule has 1 aliphatic rings. The Morgan fingerprint density at radius 1 is 1.62 bits per heavy atom. The first-order chi connectivity index (χ1) is 3.72. The predicted molar refractivity (Wildman–Crippen MR) is 32.8 cm³/mol. The number of hydrogen-bond acceptors (Lipinski definition) is 1. The summed E-state index contributed by atoms with van der Waals surface area (Å²) in [6.45, 7) is 0. The summed E-state index contributed by atoms with van der Waals surface area (Å²) in [4.78, 5) is 10.1. The van der Waals surface area contributed by atoms with Gasteiger partial charge < -0.3 is 5.11 Å². The maximum atomic E-state index is 10.1. The van der Waals surface area contributed by atoms with E-state index < -0.39 is 5.97 Å². The molecular formula is C5H5BrO2. The molecule has 8 heavy (non-hydrogen) atoms. The van der Waals surface area contributed by atoms with Crippen molar-refractivity contribution in [1.82, 2.24) is 0 Å². The van der Waals surface area contributed by atoms with Crippen LogP contribution in [0, 0.1) is 0 Å². The third kappa shape index (κ3) is 0.777. The highest BCUT2D eigenvalue weighted by Crippen LogP contribution is 2.32. The quantitative estimate of drug-likeness (QED) is 0.659. The van der Waals surface area contributed by atoms with E-state index in [1.165, 1.54) is 0 Å². The van der Waals surface area contributed by atoms with Crippen LogP contribution in [0.1, 0.15) is 12.8 Å². The van der Waals surface area contributed by atoms with E-state index >= 15 is 0 Å². The van der Waals surface area contributed by atoms with Crippen LogP contribution in [0.5, 0.6) is 0 Å². The molecule has 0 heterocycles. The highest BCUT2D eigenvalue weighted by Gasteiger charge is 2.20. The van der Waals surface area contributed by atoms with Gasteiger partial charge in [-0.15, -0.1) is 0 Å². The molecule has 0 spiro atoms. The van der Waals surface area contributed by atoms with Gasteiger partial charge in [0.1, 0.15) is 0 Å². The second kappa shape index (κ2) is 1.90. The van der Waals surface area contributed by atoms with Crippen molar-refractivity contribution in [3.63, 3.8) is 0 Å². The molecule has 0 radical (unpaired) electrons. The molecule has 0 aliphatic heterocycles. The van der Waals surface area contributed by atoms with Gasteiger partial charge in [-0.2, -0.15) is 0 Å². The van der Waals surface area contributed by atoms with Gasteiger partial charge in [-0.05, 0) is 12.8 Å². The number of hydrogen-bond donors (Lipinski definition) is 1. The Morgan fingerprint density at radius 3 is 2.25 bits per heavy atom. The second-order valence-electron chi connectivity index (χ2n) is 1.69. The average molecular weight is 177 g/mol. The van der Waals surface area contributed by atoms with Gasteiger partial charge in [-0.1, -0.05) is 15.9 Å². The molecule has 0 saturated heterocycles. The molecule has 0 atom stereocenters. The fraction of sp³-hybridized carbons (Fsp3) is 0.400. The molecule has 44 valence electrons. The minimum Gasteiger partial charge on any atom is -0.478 e. The monoisotopic (exact) mass is 176 g/mol. The molecule has 0 aromatic carbocycles. The van der Waals surface area contributed by atoms with Crippen molar-refractivity contribution in [2.75, 3.05) is 0 Å². The third-order valence-corrected chi connectivity index (χ3v) is 2.06. The van der Waals surface area contributed by atoms with E-state index in [0.29, 0.717) is 5.57 Å². The fourth-order valence-electron chi connectivity index (χ4n) is 0.567. The lowest BCUT2D eigenvalue weighted by Crippen LogP contribution is -2.09. The van der Waals surface area contributed by atoms with Crippen molar-refractivity contribution in [1.29, 1.82) is 0 Å². The fourth-order valence-corrected chi connectivity index (χ4v) is 1.13. The largest absolute Gasteiger partial charge is 0.478 e. The molecule has 1 aliphatic carbocycles. The maximum absolute atomic E-state index is 10.1. The second-order valence-corrected chi connectivity index (χ2v) is 2.65. The number of carbonyl (C=O) groups is 1. The average Bonchev–Trinajstić information content (AvgIpc) is 1.61. The Balaban J connectivity index is 2.74. The minimum atomic E-state index is -0.789. The van der Waals surface area contributed by atoms with Gasteiger partial charge in [-0.3, -0.25) is 0 Å². The molecule has 3 heteroatoms. The zero-order valence-electron chi connectivity index (χ0n) is 4.15. The molecule has 0 aromatic heterocycles. The Morgan fingerprint density at radius 2 is 2.25 bits per heavy atom. The summed E-state index contributed by atoms with van der Waals surface area (Å²) in [7, 11) is 0. The first-order valence-electron chi connectivity index (χ1n) is 2.32. The Bertz CT molecular complexity index is 160. The number of halogens is 1. The van der Waals surface area contributed by atoms with Crippen LogP contribution in [0.4, 0.5) is 0 Å². The normalized spacial score (nSPS) is 18.1. The lowest BCUT2D eigenvalue weighted by atomic mass is 10.00. The van der Waals surface area contributed by atoms with E-state index in [0.717, 1.165) is 17.3 Å².